The molecule has 5 nitrogen and oxygen atoms in total. The van der Waals surface area contributed by atoms with Crippen molar-refractivity contribution in [1.29, 1.82) is 0 Å². The minimum atomic E-state index is -0.879. The van der Waals surface area contributed by atoms with Crippen molar-refractivity contribution in [2.24, 2.45) is 5.92 Å². The molecule has 0 aliphatic heterocycles. The van der Waals surface area contributed by atoms with E-state index in [1.54, 1.807) is 6.92 Å². The number of rotatable bonds is 6. The molecule has 19 heavy (non-hydrogen) atoms. The fraction of sp³-hybridized carbons (Fsp3) is 0.385. The third-order valence-electron chi connectivity index (χ3n) is 2.72. The molecular weight excluding hydrogens is 253 g/mol. The molecule has 0 heterocycles. The molecule has 0 bridgehead atoms. The number of carbonyl (C=O) groups excluding carboxylic acids is 1. The van der Waals surface area contributed by atoms with Crippen LogP contribution in [0.2, 0.25) is 0 Å². The van der Waals surface area contributed by atoms with Gasteiger partial charge in [-0.2, -0.15) is 0 Å². The van der Waals surface area contributed by atoms with Gasteiger partial charge in [0.25, 0.3) is 5.91 Å². The number of hydrogen-bond donors (Lipinski definition) is 3. The van der Waals surface area contributed by atoms with Gasteiger partial charge in [-0.05, 0) is 25.0 Å². The van der Waals surface area contributed by atoms with Crippen LogP contribution in [0.3, 0.4) is 0 Å². The van der Waals surface area contributed by atoms with Crippen LogP contribution in [0.1, 0.15) is 30.1 Å². The first-order valence-electron chi connectivity index (χ1n) is 5.91. The van der Waals surface area contributed by atoms with Crippen molar-refractivity contribution < 1.29 is 24.2 Å². The van der Waals surface area contributed by atoms with E-state index in [2.05, 4.69) is 5.32 Å². The largest absolute Gasteiger partial charge is 0.508 e. The molecule has 6 heteroatoms. The van der Waals surface area contributed by atoms with Crippen molar-refractivity contribution in [2.45, 2.75) is 19.8 Å². The van der Waals surface area contributed by atoms with Gasteiger partial charge in [0.2, 0.25) is 0 Å². The normalized spacial score (nSPS) is 11.9. The number of amides is 1. The van der Waals surface area contributed by atoms with E-state index < -0.39 is 23.6 Å². The summed E-state index contributed by atoms with van der Waals surface area (Å²) in [6, 6.07) is 3.28. The summed E-state index contributed by atoms with van der Waals surface area (Å²) in [5.41, 5.74) is -0.149. The van der Waals surface area contributed by atoms with Gasteiger partial charge in [-0.25, -0.2) is 4.39 Å². The Morgan fingerprint density at radius 2 is 2.11 bits per heavy atom. The summed E-state index contributed by atoms with van der Waals surface area (Å²) in [6.45, 7) is 1.86. The minimum Gasteiger partial charge on any atom is -0.508 e. The van der Waals surface area contributed by atoms with Gasteiger partial charge in [-0.1, -0.05) is 6.92 Å². The summed E-state index contributed by atoms with van der Waals surface area (Å²) in [4.78, 5) is 22.2. The van der Waals surface area contributed by atoms with Crippen molar-refractivity contribution in [2.75, 3.05) is 6.54 Å². The molecule has 1 aromatic rings. The van der Waals surface area contributed by atoms with Crippen molar-refractivity contribution >= 4 is 11.9 Å². The Labute approximate surface area is 110 Å². The van der Waals surface area contributed by atoms with Crippen molar-refractivity contribution in [3.8, 4) is 5.75 Å². The van der Waals surface area contributed by atoms with E-state index >= 15 is 0 Å². The van der Waals surface area contributed by atoms with Crippen molar-refractivity contribution in [3.63, 3.8) is 0 Å². The van der Waals surface area contributed by atoms with Gasteiger partial charge in [-0.3, -0.25) is 9.59 Å². The SMILES string of the molecule is CC(CCCNC(=O)c1ccc(O)cc1F)C(=O)O. The molecule has 0 aliphatic rings. The zero-order valence-electron chi connectivity index (χ0n) is 10.5. The summed E-state index contributed by atoms with van der Waals surface area (Å²) in [5.74, 6) is -2.97. The minimum absolute atomic E-state index is 0.149. The number of phenols is 1. The molecular formula is C13H16FNO4. The molecule has 0 saturated heterocycles. The molecule has 0 radical (unpaired) electrons. The summed E-state index contributed by atoms with van der Waals surface area (Å²) in [5, 5.41) is 20.2. The Morgan fingerprint density at radius 1 is 1.42 bits per heavy atom. The zero-order valence-corrected chi connectivity index (χ0v) is 10.5. The Kier molecular flexibility index (Phi) is 5.29. The predicted molar refractivity (Wildman–Crippen MR) is 66.4 cm³/mol. The van der Waals surface area contributed by atoms with Crippen molar-refractivity contribution in [3.05, 3.63) is 29.6 Å². The highest BCUT2D eigenvalue weighted by Crippen LogP contribution is 2.14. The topological polar surface area (TPSA) is 86.6 Å². The van der Waals surface area contributed by atoms with Crippen LogP contribution in [-0.4, -0.2) is 28.6 Å². The van der Waals surface area contributed by atoms with Crippen LogP contribution in [0, 0.1) is 11.7 Å². The van der Waals surface area contributed by atoms with E-state index in [-0.39, 0.29) is 17.9 Å². The van der Waals surface area contributed by atoms with Crippen LogP contribution < -0.4 is 5.32 Å². The van der Waals surface area contributed by atoms with E-state index in [4.69, 9.17) is 10.2 Å². The van der Waals surface area contributed by atoms with Gasteiger partial charge in [0.05, 0.1) is 11.5 Å². The number of carboxylic acids is 1. The number of aliphatic carboxylic acids is 1. The number of halogens is 1. The Bertz CT molecular complexity index is 476. The van der Waals surface area contributed by atoms with Gasteiger partial charge in [0, 0.05) is 12.6 Å². The molecule has 0 saturated carbocycles. The lowest BCUT2D eigenvalue weighted by molar-refractivity contribution is -0.141. The second-order valence-electron chi connectivity index (χ2n) is 4.30. The summed E-state index contributed by atoms with van der Waals surface area (Å²) < 4.78 is 13.3. The van der Waals surface area contributed by atoms with Gasteiger partial charge < -0.3 is 15.5 Å². The van der Waals surface area contributed by atoms with E-state index in [1.807, 2.05) is 0 Å². The number of carbonyl (C=O) groups is 2. The Hall–Kier alpha value is -2.11. The van der Waals surface area contributed by atoms with Crippen LogP contribution in [0.4, 0.5) is 4.39 Å². The van der Waals surface area contributed by atoms with Crippen LogP contribution in [0.15, 0.2) is 18.2 Å². The molecule has 0 aliphatic carbocycles. The maximum Gasteiger partial charge on any atom is 0.306 e. The standard InChI is InChI=1S/C13H16FNO4/c1-8(13(18)19)3-2-6-15-12(17)10-5-4-9(16)7-11(10)14/h4-5,7-8,16H,2-3,6H2,1H3,(H,15,17)(H,18,19). The molecule has 1 aromatic carbocycles. The van der Waals surface area contributed by atoms with Crippen LogP contribution in [-0.2, 0) is 4.79 Å². The Balaban J connectivity index is 2.41. The van der Waals surface area contributed by atoms with E-state index in [1.165, 1.54) is 12.1 Å². The third-order valence-corrected chi connectivity index (χ3v) is 2.72. The first-order chi connectivity index (χ1) is 8.91. The summed E-state index contributed by atoms with van der Waals surface area (Å²) >= 11 is 0. The quantitative estimate of drug-likeness (QED) is 0.687. The van der Waals surface area contributed by atoms with Gasteiger partial charge >= 0.3 is 5.97 Å². The highest BCUT2D eigenvalue weighted by molar-refractivity contribution is 5.94. The second-order valence-corrected chi connectivity index (χ2v) is 4.30. The number of hydrogen-bond acceptors (Lipinski definition) is 3. The number of benzene rings is 1. The lowest BCUT2D eigenvalue weighted by Crippen LogP contribution is -2.26. The monoisotopic (exact) mass is 269 g/mol. The molecule has 1 amide bonds. The maximum atomic E-state index is 13.3. The van der Waals surface area contributed by atoms with Crippen LogP contribution in [0.25, 0.3) is 0 Å². The van der Waals surface area contributed by atoms with E-state index in [9.17, 15) is 14.0 Å². The molecule has 104 valence electrons. The molecule has 0 spiro atoms. The van der Waals surface area contributed by atoms with Gasteiger partial charge in [0.1, 0.15) is 11.6 Å². The maximum absolute atomic E-state index is 13.3. The van der Waals surface area contributed by atoms with Crippen LogP contribution >= 0.6 is 0 Å². The smallest absolute Gasteiger partial charge is 0.306 e. The average molecular weight is 269 g/mol. The number of phenolic OH excluding ortho intramolecular Hbond substituents is 1. The highest BCUT2D eigenvalue weighted by Gasteiger charge is 2.13. The fourth-order valence-corrected chi connectivity index (χ4v) is 1.52. The molecule has 3 N–H and O–H groups in total. The van der Waals surface area contributed by atoms with Gasteiger partial charge in [0.15, 0.2) is 0 Å². The highest BCUT2D eigenvalue weighted by atomic mass is 19.1. The molecule has 1 unspecified atom stereocenters. The number of nitrogens with one attached hydrogen (secondary N) is 1. The fourth-order valence-electron chi connectivity index (χ4n) is 1.52. The third kappa shape index (κ3) is 4.57. The van der Waals surface area contributed by atoms with Crippen molar-refractivity contribution in [1.82, 2.24) is 5.32 Å². The number of carboxylic acid groups (broad SMARTS) is 1. The Morgan fingerprint density at radius 3 is 2.68 bits per heavy atom. The predicted octanol–water partition coefficient (Wildman–Crippen LogP) is 1.76. The number of aromatic hydroxyl groups is 1. The summed E-state index contributed by atoms with van der Waals surface area (Å²) in [7, 11) is 0. The molecule has 0 aromatic heterocycles. The average Bonchev–Trinajstić information content (AvgIpc) is 2.33. The first kappa shape index (κ1) is 14.9. The van der Waals surface area contributed by atoms with E-state index in [0.717, 1.165) is 6.07 Å². The second kappa shape index (κ2) is 6.72. The molecule has 0 fully saturated rings. The first-order valence-corrected chi connectivity index (χ1v) is 5.91. The lowest BCUT2D eigenvalue weighted by Gasteiger charge is -2.08. The lowest BCUT2D eigenvalue weighted by atomic mass is 10.1. The molecule has 1 rings (SSSR count). The summed E-state index contributed by atoms with van der Waals surface area (Å²) in [6.07, 6.45) is 0.937. The van der Waals surface area contributed by atoms with Gasteiger partial charge in [-0.15, -0.1) is 0 Å². The zero-order chi connectivity index (χ0) is 14.4. The van der Waals surface area contributed by atoms with E-state index in [0.29, 0.717) is 12.8 Å². The van der Waals surface area contributed by atoms with Crippen LogP contribution in [0.5, 0.6) is 5.75 Å². The molecule has 1 atom stereocenters.